The van der Waals surface area contributed by atoms with E-state index in [1.807, 2.05) is 0 Å². The Hall–Kier alpha value is 2.85. The van der Waals surface area contributed by atoms with Gasteiger partial charge in [-0.3, -0.25) is 0 Å². The maximum absolute atomic E-state index is 8.42. The van der Waals surface area contributed by atoms with E-state index in [4.69, 9.17) is 5.93 Å². The van der Waals surface area contributed by atoms with Gasteiger partial charge in [0.2, 0.25) is 0 Å². The summed E-state index contributed by atoms with van der Waals surface area (Å²) in [4.78, 5) is 0. The first-order valence-electron chi connectivity index (χ1n) is 0.493. The first kappa shape index (κ1) is 23.2. The van der Waals surface area contributed by atoms with Crippen LogP contribution in [0.25, 0.3) is 0 Å². The molecule has 0 saturated carbocycles. The Morgan fingerprint density at radius 2 is 1.17 bits per heavy atom. The molecule has 2 radical (unpaired) electrons. The second-order valence-electron chi connectivity index (χ2n) is 0. The number of hydrogen-bond donors (Lipinski definition) is 0. The molecule has 0 aliphatic rings. The molecule has 2 nitrogen and oxygen atoms in total. The van der Waals surface area contributed by atoms with Crippen LogP contribution >= 0.6 is 0 Å². The Bertz CT molecular complexity index is 13.5. The van der Waals surface area contributed by atoms with Crippen LogP contribution in [0.4, 0.5) is 0 Å². The molecule has 0 aromatic rings. The SMILES string of the molecule is [InH3].[O]=[InH].[O]=[Sn].[Ti]. The van der Waals surface area contributed by atoms with Gasteiger partial charge in [-0.2, -0.15) is 0 Å². The Kier molecular flexibility index (Phi) is 175. The predicted octanol–water partition coefficient (Wildman–Crippen LogP) is -2.45. The summed E-state index contributed by atoms with van der Waals surface area (Å²) in [5.74, 6) is 0. The van der Waals surface area contributed by atoms with E-state index >= 15 is 0 Å². The topological polar surface area (TPSA) is 34.1 Å². The third-order valence-electron chi connectivity index (χ3n) is 0. The van der Waals surface area contributed by atoms with Gasteiger partial charge >= 0.3 is 78.7 Å². The average Bonchev–Trinajstić information content (AvgIpc) is 1.50. The Morgan fingerprint density at radius 3 is 1.17 bits per heavy atom. The number of rotatable bonds is 0. The maximum Gasteiger partial charge on any atom is 0 e. The quantitative estimate of drug-likeness (QED) is 0.399. The molecule has 0 aliphatic heterocycles. The molecule has 6 heteroatoms. The molecule has 0 saturated heterocycles. The molecule has 0 aromatic heterocycles. The van der Waals surface area contributed by atoms with E-state index in [9.17, 15) is 0 Å². The summed E-state index contributed by atoms with van der Waals surface area (Å²) in [6, 6.07) is 0. The zero-order valence-corrected chi connectivity index (χ0v) is 11.0. The van der Waals surface area contributed by atoms with E-state index in [-0.39, 0.29) is 71.9 Å². The molecule has 6 heavy (non-hydrogen) atoms. The van der Waals surface area contributed by atoms with Crippen LogP contribution in [0, 0.1) is 0 Å². The Balaban J connectivity index is -0.00000000500. The minimum absolute atomic E-state index is 0. The van der Waals surface area contributed by atoms with Crippen LogP contribution in [0.15, 0.2) is 0 Å². The molecule has 0 bridgehead atoms. The molecule has 0 N–H and O–H groups in total. The third kappa shape index (κ3) is 28.8. The predicted molar refractivity (Wildman–Crippen MR) is 24.2 cm³/mol. The van der Waals surface area contributed by atoms with Crippen LogP contribution in [-0.4, -0.2) is 72.7 Å². The molecule has 30 valence electrons. The second kappa shape index (κ2) is 45.3. The fourth-order valence-corrected chi connectivity index (χ4v) is 0. The summed E-state index contributed by atoms with van der Waals surface area (Å²) in [5, 5.41) is 0. The van der Waals surface area contributed by atoms with Crippen LogP contribution in [0.2, 0.25) is 0 Å². The van der Waals surface area contributed by atoms with Gasteiger partial charge in [0.1, 0.15) is 0 Å². The molecule has 0 aliphatic carbocycles. The average molecular weight is 432 g/mol. The molecule has 0 atom stereocenters. The molecule has 0 rings (SSSR count). The van der Waals surface area contributed by atoms with Crippen LogP contribution in [-0.2, 0) is 27.6 Å². The van der Waals surface area contributed by atoms with Gasteiger partial charge in [0.15, 0.2) is 0 Å². The minimum Gasteiger partial charge on any atom is 0 e. The van der Waals surface area contributed by atoms with Gasteiger partial charge in [-0.1, -0.05) is 0 Å². The Labute approximate surface area is 98.3 Å². The number of hydrogen-bond acceptors (Lipinski definition) is 2. The van der Waals surface area contributed by atoms with Crippen molar-refractivity contribution in [3.05, 3.63) is 0 Å². The van der Waals surface area contributed by atoms with E-state index in [1.165, 1.54) is 0 Å². The largest absolute Gasteiger partial charge is 0 e. The zero-order valence-electron chi connectivity index (χ0n) is 2.52. The van der Waals surface area contributed by atoms with Crippen LogP contribution < -0.4 is 0 Å². The Morgan fingerprint density at radius 1 is 1.17 bits per heavy atom. The van der Waals surface area contributed by atoms with E-state index < -0.39 is 0 Å². The fourth-order valence-electron chi connectivity index (χ4n) is 0. The van der Waals surface area contributed by atoms with Crippen LogP contribution in [0.3, 0.4) is 0 Å². The van der Waals surface area contributed by atoms with Crippen LogP contribution in [0.5, 0.6) is 0 Å². The summed E-state index contributed by atoms with van der Waals surface area (Å²) in [5.41, 5.74) is 0. The van der Waals surface area contributed by atoms with Gasteiger partial charge in [0, 0.05) is 21.7 Å². The van der Waals surface area contributed by atoms with E-state index in [0.29, 0.717) is 22.5 Å². The normalized spacial score (nSPS) is 1.17. The van der Waals surface area contributed by atoms with Gasteiger partial charge < -0.3 is 0 Å². The maximum atomic E-state index is 8.42. The standard InChI is InChI=1S/2In.2O.Sn.Ti.4H. The van der Waals surface area contributed by atoms with Crippen molar-refractivity contribution in [3.63, 3.8) is 0 Å². The monoisotopic (exact) mass is 434 g/mol. The summed E-state index contributed by atoms with van der Waals surface area (Å²) in [6.07, 6.45) is 0. The summed E-state index contributed by atoms with van der Waals surface area (Å²) in [7, 11) is 0. The second-order valence-corrected chi connectivity index (χ2v) is 0. The molecule has 0 heterocycles. The summed E-state index contributed by atoms with van der Waals surface area (Å²) >= 11 is 0.200. The fraction of sp³-hybridized carbons (Fsp3) is 0. The van der Waals surface area contributed by atoms with Crippen molar-refractivity contribution in [2.24, 2.45) is 0 Å². The van der Waals surface area contributed by atoms with E-state index in [1.54, 1.807) is 0 Å². The van der Waals surface area contributed by atoms with E-state index in [2.05, 4.69) is 0 Å². The van der Waals surface area contributed by atoms with Crippen molar-refractivity contribution in [2.75, 3.05) is 0 Å². The minimum atomic E-state index is -0.1000. The van der Waals surface area contributed by atoms with Crippen molar-refractivity contribution in [2.45, 2.75) is 0 Å². The van der Waals surface area contributed by atoms with Crippen molar-refractivity contribution in [1.29, 1.82) is 0 Å². The first-order chi connectivity index (χ1) is 2.00. The molecule has 0 fully saturated rings. The molecular formula is H4In2O2SnTi. The first-order valence-corrected chi connectivity index (χ1v) is 3.31. The molecule has 0 spiro atoms. The molecule has 0 unspecified atom stereocenters. The summed E-state index contributed by atoms with van der Waals surface area (Å²) < 4.78 is 16.8. The molecular weight excluding hydrogens is 428 g/mol. The van der Waals surface area contributed by atoms with Gasteiger partial charge in [0.25, 0.3) is 0 Å². The summed E-state index contributed by atoms with van der Waals surface area (Å²) in [6.45, 7) is 0. The van der Waals surface area contributed by atoms with Gasteiger partial charge in [-0.05, 0) is 0 Å². The molecule has 0 amide bonds. The van der Waals surface area contributed by atoms with Gasteiger partial charge in [0.05, 0.1) is 0 Å². The third-order valence-corrected chi connectivity index (χ3v) is 0. The van der Waals surface area contributed by atoms with E-state index in [0.717, 1.165) is 0 Å². The molecule has 0 aromatic carbocycles. The smallest absolute Gasteiger partial charge is 0 e. The van der Waals surface area contributed by atoms with Crippen LogP contribution in [0.1, 0.15) is 0 Å². The van der Waals surface area contributed by atoms with Crippen molar-refractivity contribution in [1.82, 2.24) is 0 Å². The van der Waals surface area contributed by atoms with Crippen molar-refractivity contribution >= 4 is 72.7 Å². The zero-order chi connectivity index (χ0) is 4.00. The van der Waals surface area contributed by atoms with Crippen molar-refractivity contribution in [3.8, 4) is 0 Å². The van der Waals surface area contributed by atoms with Gasteiger partial charge in [-0.25, -0.2) is 0 Å². The van der Waals surface area contributed by atoms with Crippen molar-refractivity contribution < 1.29 is 27.6 Å². The van der Waals surface area contributed by atoms with Gasteiger partial charge in [-0.15, -0.1) is 0 Å².